The molecule has 0 heterocycles. The molecule has 0 aliphatic carbocycles. The predicted octanol–water partition coefficient (Wildman–Crippen LogP) is 4.21. The molecular formula is C16H21N. The maximum absolute atomic E-state index is 3.43. The quantitative estimate of drug-likeness (QED) is 0.825. The van der Waals surface area contributed by atoms with Crippen LogP contribution >= 0.6 is 0 Å². The van der Waals surface area contributed by atoms with Crippen LogP contribution < -0.4 is 5.32 Å². The highest BCUT2D eigenvalue weighted by molar-refractivity contribution is 5.88. The fraction of sp³-hybridized carbons (Fsp3) is 0.375. The van der Waals surface area contributed by atoms with E-state index in [0.29, 0.717) is 6.04 Å². The molecule has 17 heavy (non-hydrogen) atoms. The number of hydrogen-bond donors (Lipinski definition) is 1. The largest absolute Gasteiger partial charge is 0.313 e. The van der Waals surface area contributed by atoms with Gasteiger partial charge in [-0.2, -0.15) is 0 Å². The van der Waals surface area contributed by atoms with Gasteiger partial charge in [-0.1, -0.05) is 49.7 Å². The molecule has 1 atom stereocenters. The fourth-order valence-electron chi connectivity index (χ4n) is 2.52. The number of aryl methyl sites for hydroxylation is 1. The van der Waals surface area contributed by atoms with Crippen LogP contribution in [0.4, 0.5) is 0 Å². The minimum absolute atomic E-state index is 0.463. The Labute approximate surface area is 104 Å². The van der Waals surface area contributed by atoms with Crippen molar-refractivity contribution in [3.05, 3.63) is 47.5 Å². The van der Waals surface area contributed by atoms with E-state index < -0.39 is 0 Å². The number of fused-ring (bicyclic) bond motifs is 1. The molecule has 2 rings (SSSR count). The van der Waals surface area contributed by atoms with Crippen molar-refractivity contribution in [3.63, 3.8) is 0 Å². The first-order chi connectivity index (χ1) is 8.27. The van der Waals surface area contributed by atoms with Crippen molar-refractivity contribution >= 4 is 10.8 Å². The second-order valence-corrected chi connectivity index (χ2v) is 4.65. The summed E-state index contributed by atoms with van der Waals surface area (Å²) in [6.07, 6.45) is 2.39. The Morgan fingerprint density at radius 3 is 2.41 bits per heavy atom. The summed E-state index contributed by atoms with van der Waals surface area (Å²) in [5.41, 5.74) is 2.78. The lowest BCUT2D eigenvalue weighted by Gasteiger charge is -2.19. The third-order valence-electron chi connectivity index (χ3n) is 3.48. The van der Waals surface area contributed by atoms with Crippen molar-refractivity contribution < 1.29 is 0 Å². The van der Waals surface area contributed by atoms with E-state index in [1.54, 1.807) is 0 Å². The van der Waals surface area contributed by atoms with Crippen molar-refractivity contribution in [2.45, 2.75) is 32.7 Å². The van der Waals surface area contributed by atoms with Crippen LogP contribution in [0, 0.1) is 6.92 Å². The molecule has 0 radical (unpaired) electrons. The molecule has 2 aromatic carbocycles. The maximum atomic E-state index is 3.43. The Morgan fingerprint density at radius 2 is 1.76 bits per heavy atom. The van der Waals surface area contributed by atoms with Crippen LogP contribution in [0.25, 0.3) is 10.8 Å². The molecule has 1 nitrogen and oxygen atoms in total. The summed E-state index contributed by atoms with van der Waals surface area (Å²) in [7, 11) is 2.05. The Bertz CT molecular complexity index is 502. The fourth-order valence-corrected chi connectivity index (χ4v) is 2.52. The van der Waals surface area contributed by atoms with Gasteiger partial charge in [0, 0.05) is 6.04 Å². The molecule has 1 unspecified atom stereocenters. The van der Waals surface area contributed by atoms with E-state index in [-0.39, 0.29) is 0 Å². The predicted molar refractivity (Wildman–Crippen MR) is 75.4 cm³/mol. The van der Waals surface area contributed by atoms with Crippen molar-refractivity contribution in [1.29, 1.82) is 0 Å². The second kappa shape index (κ2) is 5.33. The lowest BCUT2D eigenvalue weighted by atomic mass is 9.94. The summed E-state index contributed by atoms with van der Waals surface area (Å²) in [6, 6.07) is 13.7. The molecule has 2 aromatic rings. The Morgan fingerprint density at radius 1 is 1.06 bits per heavy atom. The van der Waals surface area contributed by atoms with Gasteiger partial charge in [0.25, 0.3) is 0 Å². The van der Waals surface area contributed by atoms with Gasteiger partial charge in [0.15, 0.2) is 0 Å². The van der Waals surface area contributed by atoms with E-state index in [9.17, 15) is 0 Å². The standard InChI is InChI=1S/C16H21N/c1-4-7-16(17-3)15-11-10-12(2)13-8-5-6-9-14(13)15/h5-6,8-11,16-17H,4,7H2,1-3H3. The third-order valence-corrected chi connectivity index (χ3v) is 3.48. The smallest absolute Gasteiger partial charge is 0.0323 e. The van der Waals surface area contributed by atoms with Crippen LogP contribution in [-0.4, -0.2) is 7.05 Å². The molecule has 1 heteroatoms. The zero-order valence-electron chi connectivity index (χ0n) is 11.0. The molecule has 0 spiro atoms. The number of rotatable bonds is 4. The summed E-state index contributed by atoms with van der Waals surface area (Å²) in [5.74, 6) is 0. The van der Waals surface area contributed by atoms with E-state index >= 15 is 0 Å². The SMILES string of the molecule is CCCC(NC)c1ccc(C)c2ccccc12. The summed E-state index contributed by atoms with van der Waals surface area (Å²) in [6.45, 7) is 4.42. The Balaban J connectivity index is 2.57. The van der Waals surface area contributed by atoms with E-state index in [1.165, 1.54) is 34.7 Å². The van der Waals surface area contributed by atoms with Gasteiger partial charge in [0.1, 0.15) is 0 Å². The zero-order valence-corrected chi connectivity index (χ0v) is 11.0. The average Bonchev–Trinajstić information content (AvgIpc) is 2.37. The van der Waals surface area contributed by atoms with Gasteiger partial charge in [-0.15, -0.1) is 0 Å². The van der Waals surface area contributed by atoms with E-state index in [1.807, 2.05) is 0 Å². The molecule has 90 valence electrons. The van der Waals surface area contributed by atoms with Crippen LogP contribution in [0.3, 0.4) is 0 Å². The highest BCUT2D eigenvalue weighted by Gasteiger charge is 2.11. The minimum Gasteiger partial charge on any atom is -0.313 e. The first-order valence-electron chi connectivity index (χ1n) is 6.43. The molecule has 0 bridgehead atoms. The third kappa shape index (κ3) is 2.34. The lowest BCUT2D eigenvalue weighted by Crippen LogP contribution is -2.16. The van der Waals surface area contributed by atoms with Crippen LogP contribution in [-0.2, 0) is 0 Å². The molecule has 0 saturated carbocycles. The average molecular weight is 227 g/mol. The summed E-state index contributed by atoms with van der Waals surface area (Å²) in [5, 5.41) is 6.20. The van der Waals surface area contributed by atoms with Crippen LogP contribution in [0.2, 0.25) is 0 Å². The van der Waals surface area contributed by atoms with Crippen molar-refractivity contribution in [3.8, 4) is 0 Å². The number of benzene rings is 2. The minimum atomic E-state index is 0.463. The first kappa shape index (κ1) is 12.1. The monoisotopic (exact) mass is 227 g/mol. The van der Waals surface area contributed by atoms with Crippen molar-refractivity contribution in [1.82, 2.24) is 5.32 Å². The van der Waals surface area contributed by atoms with Gasteiger partial charge >= 0.3 is 0 Å². The van der Waals surface area contributed by atoms with Gasteiger partial charge in [-0.05, 0) is 42.3 Å². The van der Waals surface area contributed by atoms with E-state index in [2.05, 4.69) is 62.6 Å². The van der Waals surface area contributed by atoms with Gasteiger partial charge in [0.05, 0.1) is 0 Å². The van der Waals surface area contributed by atoms with E-state index in [4.69, 9.17) is 0 Å². The van der Waals surface area contributed by atoms with Gasteiger partial charge in [-0.3, -0.25) is 0 Å². The van der Waals surface area contributed by atoms with Crippen molar-refractivity contribution in [2.24, 2.45) is 0 Å². The van der Waals surface area contributed by atoms with Gasteiger partial charge < -0.3 is 5.32 Å². The van der Waals surface area contributed by atoms with Crippen LogP contribution in [0.5, 0.6) is 0 Å². The first-order valence-corrected chi connectivity index (χ1v) is 6.43. The normalized spacial score (nSPS) is 12.9. The highest BCUT2D eigenvalue weighted by atomic mass is 14.9. The van der Waals surface area contributed by atoms with E-state index in [0.717, 1.165) is 0 Å². The molecule has 0 aliphatic heterocycles. The number of hydrogen-bond acceptors (Lipinski definition) is 1. The van der Waals surface area contributed by atoms with Gasteiger partial charge in [0.2, 0.25) is 0 Å². The van der Waals surface area contributed by atoms with Crippen LogP contribution in [0.1, 0.15) is 36.9 Å². The highest BCUT2D eigenvalue weighted by Crippen LogP contribution is 2.28. The van der Waals surface area contributed by atoms with Gasteiger partial charge in [-0.25, -0.2) is 0 Å². The summed E-state index contributed by atoms with van der Waals surface area (Å²) in [4.78, 5) is 0. The number of nitrogens with one attached hydrogen (secondary N) is 1. The summed E-state index contributed by atoms with van der Waals surface area (Å²) >= 11 is 0. The molecule has 0 fully saturated rings. The Hall–Kier alpha value is -1.34. The van der Waals surface area contributed by atoms with Crippen molar-refractivity contribution in [2.75, 3.05) is 7.05 Å². The second-order valence-electron chi connectivity index (χ2n) is 4.65. The molecule has 0 aliphatic rings. The zero-order chi connectivity index (χ0) is 12.3. The lowest BCUT2D eigenvalue weighted by molar-refractivity contribution is 0.545. The van der Waals surface area contributed by atoms with Crippen LogP contribution in [0.15, 0.2) is 36.4 Å². The molecule has 0 aromatic heterocycles. The Kier molecular flexibility index (Phi) is 3.80. The molecule has 0 saturated heterocycles. The maximum Gasteiger partial charge on any atom is 0.0323 e. The summed E-state index contributed by atoms with van der Waals surface area (Å²) < 4.78 is 0. The molecular weight excluding hydrogens is 206 g/mol. The molecule has 1 N–H and O–H groups in total. The molecule has 0 amide bonds. The topological polar surface area (TPSA) is 12.0 Å².